The fraction of sp³-hybridized carbons (Fsp3) is 0.226. The van der Waals surface area contributed by atoms with E-state index >= 15 is 0 Å². The molecule has 0 unspecified atom stereocenters. The Hall–Kier alpha value is -6.55. The van der Waals surface area contributed by atoms with Gasteiger partial charge in [-0.15, -0.1) is 0 Å². The van der Waals surface area contributed by atoms with E-state index in [1.165, 1.54) is 16.5 Å². The average Bonchev–Trinajstić information content (AvgIpc) is 3.38. The van der Waals surface area contributed by atoms with Crippen LogP contribution in [0.1, 0.15) is 98.3 Å². The first kappa shape index (κ1) is 33.8. The SMILES string of the molecule is [2H]c1c([2H])c([2H])c(-c2cccc(-c3c([2H])c([2H])c([2H])c([2H])c3[2H])c2-n2[c](=[Pt])n(-c3[c-]c(Oc4[c-]c5c(cc4)c4c6c(ccc4n5-c4cc(C)ccn4)C(C)(C)C(C)(C)C6(C)C)cc(C(C)(C)C)c3)c3ccccc32)c([2H])c1[2H]. The second-order valence-electron chi connectivity index (χ2n) is 20.4. The zero-order valence-corrected chi connectivity index (χ0v) is 42.0. The van der Waals surface area contributed by atoms with Crippen LogP contribution < -0.4 is 4.74 Å². The normalized spacial score (nSPS) is 17.1. The number of imidazole rings is 1. The molecule has 10 aromatic rings. The molecule has 0 radical (unpaired) electrons. The summed E-state index contributed by atoms with van der Waals surface area (Å²) in [6, 6.07) is 31.3. The summed E-state index contributed by atoms with van der Waals surface area (Å²) >= 11 is 2.19. The third-order valence-electron chi connectivity index (χ3n) is 15.0. The summed E-state index contributed by atoms with van der Waals surface area (Å²) in [6.45, 7) is 22.6. The van der Waals surface area contributed by atoms with Gasteiger partial charge in [0.05, 0.1) is 0 Å². The summed E-state index contributed by atoms with van der Waals surface area (Å²) in [5.74, 6) is 1.64. The Kier molecular flexibility index (Phi) is 7.84. The Bertz CT molecular complexity index is 4170. The Morgan fingerprint density at radius 1 is 0.647 bits per heavy atom. The first-order valence-corrected chi connectivity index (χ1v) is 23.9. The molecule has 6 heteroatoms. The molecule has 0 amide bonds. The summed E-state index contributed by atoms with van der Waals surface area (Å²) in [4.78, 5) is 4.91. The predicted octanol–water partition coefficient (Wildman–Crippen LogP) is 15.9. The van der Waals surface area contributed by atoms with E-state index in [2.05, 4.69) is 130 Å². The summed E-state index contributed by atoms with van der Waals surface area (Å²) in [7, 11) is 0. The molecule has 0 N–H and O–H groups in total. The number of aryl methyl sites for hydroxylation is 1. The first-order chi connectivity index (χ1) is 36.6. The van der Waals surface area contributed by atoms with E-state index < -0.39 is 65.8 Å². The molecular formula is C62H56N4OPt-2. The van der Waals surface area contributed by atoms with Crippen molar-refractivity contribution >= 4 is 32.8 Å². The maximum absolute atomic E-state index is 9.18. The van der Waals surface area contributed by atoms with Crippen LogP contribution in [0.5, 0.6) is 11.5 Å². The number of hydrogen-bond donors (Lipinski definition) is 0. The molecule has 1 aliphatic rings. The molecule has 7 aromatic carbocycles. The zero-order valence-electron chi connectivity index (χ0n) is 49.8. The predicted molar refractivity (Wildman–Crippen MR) is 276 cm³/mol. The van der Waals surface area contributed by atoms with Gasteiger partial charge in [-0.05, 0) is 40.4 Å². The molecule has 3 heterocycles. The van der Waals surface area contributed by atoms with Gasteiger partial charge in [-0.1, -0.05) is 47.6 Å². The van der Waals surface area contributed by atoms with Crippen LogP contribution in [0, 0.1) is 28.3 Å². The molecule has 0 aliphatic heterocycles. The number of ether oxygens (including phenoxy) is 1. The molecule has 0 bridgehead atoms. The van der Waals surface area contributed by atoms with E-state index in [0.29, 0.717) is 32.0 Å². The summed E-state index contributed by atoms with van der Waals surface area (Å²) < 4.78 is 102. The van der Waals surface area contributed by atoms with Gasteiger partial charge in [-0.2, -0.15) is 0 Å². The number of fused-ring (bicyclic) bond motifs is 6. The summed E-state index contributed by atoms with van der Waals surface area (Å²) in [5.41, 5.74) is 7.97. The maximum atomic E-state index is 9.18. The molecular weight excluding hydrogens is 1010 g/mol. The van der Waals surface area contributed by atoms with Gasteiger partial charge in [0.25, 0.3) is 0 Å². The molecule has 68 heavy (non-hydrogen) atoms. The van der Waals surface area contributed by atoms with Crippen molar-refractivity contribution < 1.29 is 37.8 Å². The number of aromatic nitrogens is 4. The number of rotatable bonds is 7. The monoisotopic (exact) mass is 1080 g/mol. The van der Waals surface area contributed by atoms with Gasteiger partial charge in [0, 0.05) is 6.20 Å². The second-order valence-corrected chi connectivity index (χ2v) is 21.5. The molecule has 3 aromatic heterocycles. The van der Waals surface area contributed by atoms with E-state index in [4.69, 9.17) is 17.9 Å². The quantitative estimate of drug-likeness (QED) is 0.149. The molecule has 5 nitrogen and oxygen atoms in total. The van der Waals surface area contributed by atoms with Crippen molar-refractivity contribution in [3.05, 3.63) is 196 Å². The van der Waals surface area contributed by atoms with Gasteiger partial charge in [-0.3, -0.25) is 0 Å². The zero-order chi connectivity index (χ0) is 56.2. The topological polar surface area (TPSA) is 36.9 Å². The van der Waals surface area contributed by atoms with Crippen molar-refractivity contribution in [1.29, 1.82) is 0 Å². The van der Waals surface area contributed by atoms with Crippen LogP contribution in [0.25, 0.3) is 72.3 Å². The van der Waals surface area contributed by atoms with Crippen LogP contribution >= 0.6 is 0 Å². The Morgan fingerprint density at radius 2 is 1.29 bits per heavy atom. The number of pyridine rings is 1. The Labute approximate surface area is 425 Å². The number of hydrogen-bond acceptors (Lipinski definition) is 2. The average molecular weight is 1080 g/mol. The van der Waals surface area contributed by atoms with Crippen molar-refractivity contribution in [2.24, 2.45) is 5.41 Å². The first-order valence-electron chi connectivity index (χ1n) is 27.8. The van der Waals surface area contributed by atoms with Gasteiger partial charge >= 0.3 is 333 Å². The fourth-order valence-corrected chi connectivity index (χ4v) is 11.4. The van der Waals surface area contributed by atoms with E-state index in [9.17, 15) is 5.48 Å². The minimum absolute atomic E-state index is 0.0759. The van der Waals surface area contributed by atoms with Crippen LogP contribution in [0.4, 0.5) is 0 Å². The van der Waals surface area contributed by atoms with E-state index in [1.807, 2.05) is 63.9 Å². The minimum atomic E-state index is -0.563. The molecule has 0 saturated heterocycles. The second kappa shape index (κ2) is 15.8. The fourth-order valence-electron chi connectivity index (χ4n) is 10.3. The van der Waals surface area contributed by atoms with Crippen molar-refractivity contribution in [2.75, 3.05) is 0 Å². The van der Waals surface area contributed by atoms with Gasteiger partial charge < -0.3 is 0 Å². The van der Waals surface area contributed by atoms with Gasteiger partial charge in [-0.25, -0.2) is 0 Å². The van der Waals surface area contributed by atoms with Crippen molar-refractivity contribution in [1.82, 2.24) is 18.7 Å². The van der Waals surface area contributed by atoms with Crippen LogP contribution in [0.15, 0.2) is 158 Å². The standard InChI is InChI=1S/C62H56N4O.Pt/c1-40-32-33-63-55(34-40)66-53-31-30-50-57(61(7,8)62(9,10)60(50,5)6)56(53)49-29-28-45(38-54(49)66)67-46-36-43(59(2,3)4)35-44(37-46)64-39-65(52-27-18-17-26-51(52)64)58-47(41-20-13-11-14-21-41)24-19-25-48(58)42-22-15-12-16-23-42;/h11-36H,1-10H3;/q-2;/i11D,12D,13D,14D,15D,16D,20D,21D,22D,23D;. The molecule has 11 rings (SSSR count). The van der Waals surface area contributed by atoms with Crippen molar-refractivity contribution in [3.8, 4) is 50.9 Å². The number of para-hydroxylation sites is 3. The number of benzene rings is 7. The Morgan fingerprint density at radius 3 is 1.93 bits per heavy atom. The van der Waals surface area contributed by atoms with Crippen LogP contribution in [-0.2, 0) is 35.6 Å². The summed E-state index contributed by atoms with van der Waals surface area (Å²) in [5, 5.41) is 2.21. The van der Waals surface area contributed by atoms with Crippen LogP contribution in [0.2, 0.25) is 0 Å². The molecule has 0 saturated carbocycles. The third-order valence-corrected chi connectivity index (χ3v) is 16.0. The molecule has 342 valence electrons. The molecule has 0 fully saturated rings. The third kappa shape index (κ3) is 6.67. The molecule has 0 atom stereocenters. The van der Waals surface area contributed by atoms with Gasteiger partial charge in [0.1, 0.15) is 0 Å². The van der Waals surface area contributed by atoms with Crippen molar-refractivity contribution in [3.63, 3.8) is 0 Å². The molecule has 0 spiro atoms. The van der Waals surface area contributed by atoms with E-state index in [1.54, 1.807) is 18.2 Å². The van der Waals surface area contributed by atoms with Crippen molar-refractivity contribution in [2.45, 2.75) is 85.5 Å². The summed E-state index contributed by atoms with van der Waals surface area (Å²) in [6.07, 6.45) is 1.83. The number of nitrogens with zero attached hydrogens (tertiary/aromatic N) is 4. The Balaban J connectivity index is 1.16. The van der Waals surface area contributed by atoms with Crippen LogP contribution in [-0.4, -0.2) is 18.7 Å². The van der Waals surface area contributed by atoms with Gasteiger partial charge in [0.15, 0.2) is 0 Å². The van der Waals surface area contributed by atoms with Gasteiger partial charge in [0.2, 0.25) is 0 Å². The molecule has 1 aliphatic carbocycles. The van der Waals surface area contributed by atoms with E-state index in [-0.39, 0.29) is 44.2 Å². The van der Waals surface area contributed by atoms with E-state index in [0.717, 1.165) is 33.4 Å². The van der Waals surface area contributed by atoms with Crippen LogP contribution in [0.3, 0.4) is 0 Å².